The number of aromatic carboxylic acids is 1. The highest BCUT2D eigenvalue weighted by Gasteiger charge is 2.29. The van der Waals surface area contributed by atoms with E-state index in [0.29, 0.717) is 30.9 Å². The molecule has 1 saturated heterocycles. The molecular weight excluding hydrogens is 320 g/mol. The number of hydrogen-bond donors (Lipinski definition) is 1. The van der Waals surface area contributed by atoms with Crippen LogP contribution in [0, 0.1) is 6.92 Å². The van der Waals surface area contributed by atoms with Gasteiger partial charge >= 0.3 is 12.1 Å². The van der Waals surface area contributed by atoms with Gasteiger partial charge in [0.05, 0.1) is 5.01 Å². The van der Waals surface area contributed by atoms with E-state index in [1.54, 1.807) is 11.8 Å². The average molecular weight is 342 g/mol. The summed E-state index contributed by atoms with van der Waals surface area (Å²) in [6, 6.07) is 0. The molecule has 1 aromatic rings. The Bertz CT molecular complexity index is 585. The van der Waals surface area contributed by atoms with Crippen molar-refractivity contribution < 1.29 is 24.2 Å². The van der Waals surface area contributed by atoms with Crippen LogP contribution in [-0.2, 0) is 4.74 Å². The fraction of sp³-hybridized carbons (Fsp3) is 0.667. The number of piperidine rings is 1. The number of likely N-dealkylation sites (tertiary alicyclic amines) is 1. The van der Waals surface area contributed by atoms with Crippen molar-refractivity contribution in [2.45, 2.75) is 52.2 Å². The van der Waals surface area contributed by atoms with Crippen molar-refractivity contribution in [1.82, 2.24) is 9.88 Å². The van der Waals surface area contributed by atoms with Crippen LogP contribution in [0.4, 0.5) is 4.79 Å². The molecule has 0 atom stereocenters. The van der Waals surface area contributed by atoms with Crippen molar-refractivity contribution in [1.29, 1.82) is 0 Å². The van der Waals surface area contributed by atoms with Crippen molar-refractivity contribution >= 4 is 23.4 Å². The average Bonchev–Trinajstić information content (AvgIpc) is 2.78. The number of carboxylic acids is 1. The molecule has 1 aromatic heterocycles. The Morgan fingerprint density at radius 1 is 1.30 bits per heavy atom. The van der Waals surface area contributed by atoms with Crippen molar-refractivity contribution in [3.63, 3.8) is 0 Å². The topological polar surface area (TPSA) is 89.0 Å². The van der Waals surface area contributed by atoms with Crippen LogP contribution in [0.2, 0.25) is 0 Å². The summed E-state index contributed by atoms with van der Waals surface area (Å²) in [4.78, 5) is 29.1. The molecule has 128 valence electrons. The maximum absolute atomic E-state index is 12.0. The standard InChI is InChI=1S/C15H22N2O5S/c1-9-16-12(11(23-9)13(18)19)21-10-5-7-17(8-6-10)14(20)22-15(2,3)4/h10H,5-8H2,1-4H3,(H,18,19). The van der Waals surface area contributed by atoms with Crippen LogP contribution in [0.15, 0.2) is 0 Å². The summed E-state index contributed by atoms with van der Waals surface area (Å²) < 4.78 is 11.1. The zero-order valence-corrected chi connectivity index (χ0v) is 14.6. The van der Waals surface area contributed by atoms with Gasteiger partial charge in [0.25, 0.3) is 0 Å². The second-order valence-corrected chi connectivity index (χ2v) is 7.66. The lowest BCUT2D eigenvalue weighted by Gasteiger charge is -2.33. The molecule has 1 N–H and O–H groups in total. The van der Waals surface area contributed by atoms with Crippen LogP contribution in [0.5, 0.6) is 5.88 Å². The number of carboxylic acid groups (broad SMARTS) is 1. The van der Waals surface area contributed by atoms with Crippen molar-refractivity contribution in [2.24, 2.45) is 0 Å². The quantitative estimate of drug-likeness (QED) is 0.908. The minimum atomic E-state index is -1.03. The third-order valence-electron chi connectivity index (χ3n) is 3.27. The van der Waals surface area contributed by atoms with Crippen LogP contribution < -0.4 is 4.74 Å². The molecule has 1 aliphatic heterocycles. The predicted molar refractivity (Wildman–Crippen MR) is 85.3 cm³/mol. The molecule has 0 bridgehead atoms. The smallest absolute Gasteiger partial charge is 0.410 e. The van der Waals surface area contributed by atoms with Gasteiger partial charge in [0.2, 0.25) is 5.88 Å². The first-order chi connectivity index (χ1) is 10.7. The highest BCUT2D eigenvalue weighted by Crippen LogP contribution is 2.27. The normalized spacial score (nSPS) is 16.3. The highest BCUT2D eigenvalue weighted by atomic mass is 32.1. The van der Waals surface area contributed by atoms with Gasteiger partial charge in [0.15, 0.2) is 4.88 Å². The van der Waals surface area contributed by atoms with E-state index in [2.05, 4.69) is 4.98 Å². The first-order valence-electron chi connectivity index (χ1n) is 7.51. The van der Waals surface area contributed by atoms with Gasteiger partial charge < -0.3 is 19.5 Å². The van der Waals surface area contributed by atoms with Gasteiger partial charge in [0.1, 0.15) is 11.7 Å². The Morgan fingerprint density at radius 3 is 2.43 bits per heavy atom. The summed E-state index contributed by atoms with van der Waals surface area (Å²) in [5.41, 5.74) is -0.515. The van der Waals surface area contributed by atoms with Crippen LogP contribution in [-0.4, -0.2) is 51.8 Å². The predicted octanol–water partition coefficient (Wildman–Crippen LogP) is 2.93. The van der Waals surface area contributed by atoms with Crippen LogP contribution >= 0.6 is 11.3 Å². The van der Waals surface area contributed by atoms with E-state index in [4.69, 9.17) is 14.6 Å². The number of aromatic nitrogens is 1. The van der Waals surface area contributed by atoms with Crippen LogP contribution in [0.3, 0.4) is 0 Å². The minimum absolute atomic E-state index is 0.122. The van der Waals surface area contributed by atoms with Crippen LogP contribution in [0.1, 0.15) is 48.3 Å². The number of amides is 1. The molecule has 7 nitrogen and oxygen atoms in total. The molecule has 0 aromatic carbocycles. The fourth-order valence-electron chi connectivity index (χ4n) is 2.26. The Kier molecular flexibility index (Phi) is 5.13. The van der Waals surface area contributed by atoms with Gasteiger partial charge in [-0.05, 0) is 27.7 Å². The summed E-state index contributed by atoms with van der Waals surface area (Å²) in [6.07, 6.45) is 0.768. The maximum Gasteiger partial charge on any atom is 0.410 e. The van der Waals surface area contributed by atoms with E-state index in [1.165, 1.54) is 0 Å². The summed E-state index contributed by atoms with van der Waals surface area (Å²) in [5.74, 6) is -0.854. The number of rotatable bonds is 3. The van der Waals surface area contributed by atoms with Crippen LogP contribution in [0.25, 0.3) is 0 Å². The highest BCUT2D eigenvalue weighted by molar-refractivity contribution is 7.13. The summed E-state index contributed by atoms with van der Waals surface area (Å²) in [6.45, 7) is 8.28. The molecule has 2 heterocycles. The molecule has 0 radical (unpaired) electrons. The second kappa shape index (κ2) is 6.74. The van der Waals surface area contributed by atoms with E-state index in [9.17, 15) is 9.59 Å². The largest absolute Gasteiger partial charge is 0.477 e. The van der Waals surface area contributed by atoms with Gasteiger partial charge in [-0.3, -0.25) is 0 Å². The van der Waals surface area contributed by atoms with E-state index < -0.39 is 11.6 Å². The van der Waals surface area contributed by atoms with E-state index in [0.717, 1.165) is 11.3 Å². The Hall–Kier alpha value is -1.83. The summed E-state index contributed by atoms with van der Waals surface area (Å²) >= 11 is 1.10. The zero-order valence-electron chi connectivity index (χ0n) is 13.8. The number of carbonyl (C=O) groups is 2. The Balaban J connectivity index is 1.90. The fourth-order valence-corrected chi connectivity index (χ4v) is 2.96. The van der Waals surface area contributed by atoms with Crippen molar-refractivity contribution in [3.8, 4) is 5.88 Å². The Morgan fingerprint density at radius 2 is 1.91 bits per heavy atom. The summed E-state index contributed by atoms with van der Waals surface area (Å²) in [5, 5.41) is 9.81. The number of nitrogens with zero attached hydrogens (tertiary/aromatic N) is 2. The van der Waals surface area contributed by atoms with E-state index in [-0.39, 0.29) is 23.0 Å². The number of carbonyl (C=O) groups excluding carboxylic acids is 1. The molecular formula is C15H22N2O5S. The zero-order chi connectivity index (χ0) is 17.2. The van der Waals surface area contributed by atoms with E-state index >= 15 is 0 Å². The monoisotopic (exact) mass is 342 g/mol. The van der Waals surface area contributed by atoms with Gasteiger partial charge in [-0.15, -0.1) is 11.3 Å². The third kappa shape index (κ3) is 4.82. The SMILES string of the molecule is Cc1nc(OC2CCN(C(=O)OC(C)(C)C)CC2)c(C(=O)O)s1. The number of aryl methyl sites for hydroxylation is 1. The van der Waals surface area contributed by atoms with Crippen molar-refractivity contribution in [3.05, 3.63) is 9.88 Å². The Labute approximate surface area is 139 Å². The molecule has 1 amide bonds. The molecule has 2 rings (SSSR count). The van der Waals surface area contributed by atoms with Gasteiger partial charge in [-0.2, -0.15) is 0 Å². The lowest BCUT2D eigenvalue weighted by molar-refractivity contribution is 0.0123. The van der Waals surface area contributed by atoms with Crippen molar-refractivity contribution in [2.75, 3.05) is 13.1 Å². The first kappa shape index (κ1) is 17.5. The molecule has 0 unspecified atom stereocenters. The molecule has 0 spiro atoms. The van der Waals surface area contributed by atoms with Gasteiger partial charge in [-0.1, -0.05) is 0 Å². The number of thiazole rings is 1. The van der Waals surface area contributed by atoms with Gasteiger partial charge in [-0.25, -0.2) is 14.6 Å². The molecule has 0 saturated carbocycles. The third-order valence-corrected chi connectivity index (χ3v) is 4.21. The molecule has 0 aliphatic carbocycles. The molecule has 23 heavy (non-hydrogen) atoms. The van der Waals surface area contributed by atoms with Gasteiger partial charge in [0, 0.05) is 25.9 Å². The molecule has 1 fully saturated rings. The number of ether oxygens (including phenoxy) is 2. The lowest BCUT2D eigenvalue weighted by Crippen LogP contribution is -2.44. The lowest BCUT2D eigenvalue weighted by atomic mass is 10.1. The van der Waals surface area contributed by atoms with E-state index in [1.807, 2.05) is 20.8 Å². The molecule has 8 heteroatoms. The second-order valence-electron chi connectivity index (χ2n) is 6.46. The number of hydrogen-bond acceptors (Lipinski definition) is 6. The maximum atomic E-state index is 12.0. The molecule has 1 aliphatic rings. The summed E-state index contributed by atoms with van der Waals surface area (Å²) in [7, 11) is 0. The first-order valence-corrected chi connectivity index (χ1v) is 8.32. The minimum Gasteiger partial charge on any atom is -0.477 e.